The highest BCUT2D eigenvalue weighted by molar-refractivity contribution is 5.10. The van der Waals surface area contributed by atoms with Gasteiger partial charge in [-0.1, -0.05) is 88.8 Å². The van der Waals surface area contributed by atoms with Gasteiger partial charge in [-0.25, -0.2) is 0 Å². The molecule has 0 bridgehead atoms. The van der Waals surface area contributed by atoms with Crippen molar-refractivity contribution in [3.63, 3.8) is 0 Å². The maximum atomic E-state index is 3.85. The van der Waals surface area contributed by atoms with Crippen LogP contribution in [-0.4, -0.2) is 0 Å². The van der Waals surface area contributed by atoms with Crippen molar-refractivity contribution in [2.45, 2.75) is 64.7 Å². The molecule has 0 unspecified atom stereocenters. The second-order valence-electron chi connectivity index (χ2n) is 4.44. The molecule has 0 heteroatoms. The van der Waals surface area contributed by atoms with Gasteiger partial charge in [0.25, 0.3) is 0 Å². The number of rotatable bonds is 11. The molecule has 0 fully saturated rings. The van der Waals surface area contributed by atoms with Crippen molar-refractivity contribution in [2.75, 3.05) is 0 Å². The monoisotopic (exact) mass is 233 g/mol. The smallest absolute Gasteiger partial charge is 0.0348 e. The van der Waals surface area contributed by atoms with E-state index >= 15 is 0 Å². The Morgan fingerprint density at radius 1 is 0.706 bits per heavy atom. The molecule has 0 saturated carbocycles. The number of hydrogen-bond acceptors (Lipinski definition) is 0. The summed E-state index contributed by atoms with van der Waals surface area (Å²) >= 11 is 0. The van der Waals surface area contributed by atoms with Gasteiger partial charge in [0.2, 0.25) is 0 Å². The van der Waals surface area contributed by atoms with E-state index in [9.17, 15) is 0 Å². The van der Waals surface area contributed by atoms with Gasteiger partial charge in [0.15, 0.2) is 0 Å². The zero-order valence-corrected chi connectivity index (χ0v) is 11.5. The van der Waals surface area contributed by atoms with Gasteiger partial charge in [0, 0.05) is 0 Å². The molecule has 0 aliphatic carbocycles. The Balaban J connectivity index is 3.28. The summed E-state index contributed by atoms with van der Waals surface area (Å²) in [5, 5.41) is 0. The second kappa shape index (κ2) is 15.2. The molecule has 0 rings (SSSR count). The Labute approximate surface area is 109 Å². The van der Waals surface area contributed by atoms with Crippen molar-refractivity contribution in [3.8, 4) is 0 Å². The Kier molecular flexibility index (Phi) is 14.5. The van der Waals surface area contributed by atoms with Gasteiger partial charge in [-0.3, -0.25) is 0 Å². The Morgan fingerprint density at radius 3 is 1.88 bits per heavy atom. The lowest BCUT2D eigenvalue weighted by Crippen LogP contribution is -1.75. The number of unbranched alkanes of at least 4 members (excludes halogenated alkanes) is 7. The molecule has 0 N–H and O–H groups in total. The first-order chi connectivity index (χ1) is 8.41. The average Bonchev–Trinajstić information content (AvgIpc) is 2.35. The van der Waals surface area contributed by atoms with Crippen molar-refractivity contribution in [3.05, 3.63) is 43.4 Å². The van der Waals surface area contributed by atoms with Gasteiger partial charge in [0.1, 0.15) is 0 Å². The molecule has 0 spiro atoms. The first-order valence-corrected chi connectivity index (χ1v) is 7.19. The van der Waals surface area contributed by atoms with Crippen molar-refractivity contribution in [1.82, 2.24) is 0 Å². The fraction of sp³-hybridized carbons (Fsp3) is 0.588. The highest BCUT2D eigenvalue weighted by atomic mass is 13.9. The van der Waals surface area contributed by atoms with Crippen LogP contribution in [0.3, 0.4) is 0 Å². The summed E-state index contributed by atoms with van der Waals surface area (Å²) in [5.74, 6) is 0. The lowest BCUT2D eigenvalue weighted by Gasteiger charge is -1.95. The minimum absolute atomic E-state index is 1.09. The molecule has 0 aliphatic heterocycles. The molecule has 0 amide bonds. The summed E-state index contributed by atoms with van der Waals surface area (Å²) in [6.45, 7) is 6.08. The summed E-state index contributed by atoms with van der Waals surface area (Å²) < 4.78 is 0. The van der Waals surface area contributed by atoms with E-state index < -0.39 is 0 Å². The minimum atomic E-state index is 1.09. The van der Waals surface area contributed by atoms with Crippen LogP contribution in [0.5, 0.6) is 0 Å². The van der Waals surface area contributed by atoms with E-state index in [1.54, 1.807) is 0 Å². The van der Waals surface area contributed by atoms with Gasteiger partial charge in [-0.15, -0.1) is 0 Å². The zero-order chi connectivity index (χ0) is 12.6. The molecule has 0 aromatic heterocycles. The first-order valence-electron chi connectivity index (χ1n) is 7.19. The Hall–Kier alpha value is -0.780. The fourth-order valence-electron chi connectivity index (χ4n) is 1.59. The van der Waals surface area contributed by atoms with Gasteiger partial charge < -0.3 is 0 Å². The van der Waals surface area contributed by atoms with Crippen LogP contribution >= 0.6 is 0 Å². The highest BCUT2D eigenvalue weighted by Gasteiger charge is 1.85. The van der Waals surface area contributed by atoms with Gasteiger partial charge in [0.05, 0.1) is 0 Å². The third kappa shape index (κ3) is 15.2. The Morgan fingerprint density at radius 2 is 1.29 bits per heavy atom. The topological polar surface area (TPSA) is 0 Å². The normalized spacial score (nSPS) is 12.4. The van der Waals surface area contributed by atoms with E-state index in [-0.39, 0.29) is 0 Å². The fourth-order valence-corrected chi connectivity index (χ4v) is 1.59. The molecule has 0 atom stereocenters. The molecule has 97 valence electrons. The highest BCUT2D eigenvalue weighted by Crippen LogP contribution is 2.05. The average molecular weight is 233 g/mol. The van der Waals surface area contributed by atoms with Crippen molar-refractivity contribution >= 4 is 0 Å². The third-order valence-electron chi connectivity index (χ3n) is 2.70. The lowest BCUT2D eigenvalue weighted by atomic mass is 10.1. The summed E-state index contributed by atoms with van der Waals surface area (Å²) in [5.41, 5.74) is 0. The standard InChI is InChI=1S/C17H29/c1-3-5-7-9-11-13-15-17-16-14-12-10-8-6-4-2/h10,12,14-17H,1,3-9,11,13H2,2H3/b12-10+,16-14+,17-15-. The molecular formula is C17H29. The van der Waals surface area contributed by atoms with E-state index in [0.29, 0.717) is 0 Å². The van der Waals surface area contributed by atoms with Crippen LogP contribution in [0.1, 0.15) is 64.7 Å². The molecule has 0 nitrogen and oxygen atoms in total. The minimum Gasteiger partial charge on any atom is -0.0845 e. The van der Waals surface area contributed by atoms with Gasteiger partial charge >= 0.3 is 0 Å². The van der Waals surface area contributed by atoms with E-state index in [1.165, 1.54) is 51.4 Å². The Bertz CT molecular complexity index is 208. The summed E-state index contributed by atoms with van der Waals surface area (Å²) in [6, 6.07) is 0. The predicted octanol–water partition coefficient (Wildman–Crippen LogP) is 6.02. The van der Waals surface area contributed by atoms with Crippen molar-refractivity contribution in [2.24, 2.45) is 0 Å². The predicted molar refractivity (Wildman–Crippen MR) is 80.0 cm³/mol. The summed E-state index contributed by atoms with van der Waals surface area (Å²) in [6.07, 6.45) is 24.4. The molecule has 1 radical (unpaired) electrons. The van der Waals surface area contributed by atoms with Gasteiger partial charge in [-0.2, -0.15) is 0 Å². The zero-order valence-electron chi connectivity index (χ0n) is 11.5. The van der Waals surface area contributed by atoms with Crippen molar-refractivity contribution < 1.29 is 0 Å². The molecular weight excluding hydrogens is 204 g/mol. The molecule has 0 aromatic carbocycles. The summed E-state index contributed by atoms with van der Waals surface area (Å²) in [7, 11) is 0. The van der Waals surface area contributed by atoms with E-state index in [4.69, 9.17) is 0 Å². The quantitative estimate of drug-likeness (QED) is 0.302. The SMILES string of the molecule is [CH2]CCCCCC\C=C/C=C/C=C/CCCC. The molecule has 0 aromatic rings. The third-order valence-corrected chi connectivity index (χ3v) is 2.70. The van der Waals surface area contributed by atoms with Crippen LogP contribution in [-0.2, 0) is 0 Å². The molecule has 0 saturated heterocycles. The lowest BCUT2D eigenvalue weighted by molar-refractivity contribution is 0.651. The van der Waals surface area contributed by atoms with Crippen molar-refractivity contribution in [1.29, 1.82) is 0 Å². The molecule has 0 aliphatic rings. The van der Waals surface area contributed by atoms with Crippen LogP contribution in [0.4, 0.5) is 0 Å². The van der Waals surface area contributed by atoms with E-state index in [2.05, 4.69) is 50.3 Å². The number of allylic oxidation sites excluding steroid dienone is 6. The first kappa shape index (κ1) is 16.2. The van der Waals surface area contributed by atoms with E-state index in [0.717, 1.165) is 6.42 Å². The summed E-state index contributed by atoms with van der Waals surface area (Å²) in [4.78, 5) is 0. The largest absolute Gasteiger partial charge is 0.0845 e. The van der Waals surface area contributed by atoms with Crippen LogP contribution in [0.15, 0.2) is 36.5 Å². The second-order valence-corrected chi connectivity index (χ2v) is 4.44. The number of hydrogen-bond donors (Lipinski definition) is 0. The van der Waals surface area contributed by atoms with Crippen LogP contribution < -0.4 is 0 Å². The maximum absolute atomic E-state index is 3.85. The molecule has 0 heterocycles. The molecule has 17 heavy (non-hydrogen) atoms. The van der Waals surface area contributed by atoms with E-state index in [1.807, 2.05) is 0 Å². The van der Waals surface area contributed by atoms with Crippen LogP contribution in [0.2, 0.25) is 0 Å². The van der Waals surface area contributed by atoms with Gasteiger partial charge in [-0.05, 0) is 19.3 Å². The van der Waals surface area contributed by atoms with Crippen LogP contribution in [0.25, 0.3) is 0 Å². The van der Waals surface area contributed by atoms with Crippen LogP contribution in [0, 0.1) is 6.92 Å². The maximum Gasteiger partial charge on any atom is -0.0348 e.